The highest BCUT2D eigenvalue weighted by molar-refractivity contribution is 5.96. The molecule has 2 aliphatic carbocycles. The van der Waals surface area contributed by atoms with Gasteiger partial charge in [-0.3, -0.25) is 14.8 Å². The highest BCUT2D eigenvalue weighted by Crippen LogP contribution is 2.41. The van der Waals surface area contributed by atoms with E-state index in [9.17, 15) is 4.79 Å². The Morgan fingerprint density at radius 2 is 1.92 bits per heavy atom. The molecule has 0 aromatic carbocycles. The van der Waals surface area contributed by atoms with Crippen LogP contribution in [-0.4, -0.2) is 46.2 Å². The maximum atomic E-state index is 12.8. The number of likely N-dealkylation sites (tertiary alicyclic amines) is 1. The second-order valence-corrected chi connectivity index (χ2v) is 7.98. The molecule has 1 aromatic rings. The molecule has 5 heteroatoms. The fraction of sp³-hybridized carbons (Fsp3) is 0.789. The number of nitrogens with one attached hydrogen (secondary N) is 2. The number of carbonyl (C=O) groups is 1. The molecule has 24 heavy (non-hydrogen) atoms. The van der Waals surface area contributed by atoms with Gasteiger partial charge in [-0.05, 0) is 52.0 Å². The molecule has 0 bridgehead atoms. The molecule has 2 N–H and O–H groups in total. The smallest absolute Gasteiger partial charge is 0.255 e. The number of nitrogens with zero attached hydrogens (tertiary/aromatic N) is 2. The zero-order valence-electron chi connectivity index (χ0n) is 14.8. The predicted molar refractivity (Wildman–Crippen MR) is 94.2 cm³/mol. The summed E-state index contributed by atoms with van der Waals surface area (Å²) in [5.74, 6) is 0.583. The Balaban J connectivity index is 1.39. The van der Waals surface area contributed by atoms with Gasteiger partial charge in [-0.15, -0.1) is 0 Å². The zero-order chi connectivity index (χ0) is 16.5. The fourth-order valence-corrected chi connectivity index (χ4v) is 4.55. The van der Waals surface area contributed by atoms with Gasteiger partial charge in [0.15, 0.2) is 0 Å². The number of hydrogen-bond acceptors (Lipinski definition) is 3. The largest absolute Gasteiger partial charge is 0.348 e. The Hall–Kier alpha value is -1.36. The summed E-state index contributed by atoms with van der Waals surface area (Å²) in [7, 11) is 0. The summed E-state index contributed by atoms with van der Waals surface area (Å²) in [6, 6.07) is 1.03. The monoisotopic (exact) mass is 330 g/mol. The van der Waals surface area contributed by atoms with Gasteiger partial charge in [-0.25, -0.2) is 0 Å². The van der Waals surface area contributed by atoms with Crippen molar-refractivity contribution in [3.63, 3.8) is 0 Å². The van der Waals surface area contributed by atoms with Crippen molar-refractivity contribution in [3.8, 4) is 0 Å². The summed E-state index contributed by atoms with van der Waals surface area (Å²) >= 11 is 0. The van der Waals surface area contributed by atoms with Crippen LogP contribution in [0.1, 0.15) is 85.5 Å². The Labute approximate surface area is 144 Å². The summed E-state index contributed by atoms with van der Waals surface area (Å²) in [4.78, 5) is 15.5. The third kappa shape index (κ3) is 3.37. The van der Waals surface area contributed by atoms with Gasteiger partial charge in [0.1, 0.15) is 0 Å². The number of aromatic nitrogens is 2. The summed E-state index contributed by atoms with van der Waals surface area (Å²) in [6.07, 6.45) is 11.5. The SMILES string of the molecule is Cc1[nH]nc(C2CC2)c1C(=O)N[C@@H]1CCCN(C2CCCCC2)C1. The van der Waals surface area contributed by atoms with Gasteiger partial charge >= 0.3 is 0 Å². The Morgan fingerprint density at radius 1 is 1.12 bits per heavy atom. The zero-order valence-corrected chi connectivity index (χ0v) is 14.8. The van der Waals surface area contributed by atoms with E-state index in [1.54, 1.807) is 0 Å². The third-order valence-corrected chi connectivity index (χ3v) is 6.05. The molecule has 2 heterocycles. The molecular weight excluding hydrogens is 300 g/mol. The van der Waals surface area contributed by atoms with Crippen LogP contribution in [0.4, 0.5) is 0 Å². The minimum atomic E-state index is 0.0821. The predicted octanol–water partition coefficient (Wildman–Crippen LogP) is 3.12. The molecule has 0 spiro atoms. The molecule has 3 aliphatic rings. The van der Waals surface area contributed by atoms with Crippen molar-refractivity contribution in [3.05, 3.63) is 17.0 Å². The van der Waals surface area contributed by atoms with Crippen molar-refractivity contribution in [1.82, 2.24) is 20.4 Å². The lowest BCUT2D eigenvalue weighted by Gasteiger charge is -2.40. The number of H-pyrrole nitrogens is 1. The molecule has 5 nitrogen and oxygen atoms in total. The molecule has 1 aromatic heterocycles. The van der Waals surface area contributed by atoms with Gasteiger partial charge in [0.05, 0.1) is 11.3 Å². The van der Waals surface area contributed by atoms with Gasteiger partial charge < -0.3 is 5.32 Å². The minimum absolute atomic E-state index is 0.0821. The minimum Gasteiger partial charge on any atom is -0.348 e. The second kappa shape index (κ2) is 6.87. The highest BCUT2D eigenvalue weighted by Gasteiger charge is 2.33. The fourth-order valence-electron chi connectivity index (χ4n) is 4.55. The topological polar surface area (TPSA) is 61.0 Å². The number of piperidine rings is 1. The summed E-state index contributed by atoms with van der Waals surface area (Å²) in [5.41, 5.74) is 2.71. The van der Waals surface area contributed by atoms with E-state index in [4.69, 9.17) is 0 Å². The van der Waals surface area contributed by atoms with Crippen LogP contribution in [0.25, 0.3) is 0 Å². The van der Waals surface area contributed by atoms with Gasteiger partial charge in [-0.2, -0.15) is 5.10 Å². The molecular formula is C19H30N4O. The Morgan fingerprint density at radius 3 is 2.67 bits per heavy atom. The molecule has 1 aliphatic heterocycles. The molecule has 1 saturated heterocycles. The second-order valence-electron chi connectivity index (χ2n) is 7.98. The average Bonchev–Trinajstić information content (AvgIpc) is 3.38. The van der Waals surface area contributed by atoms with Crippen LogP contribution >= 0.6 is 0 Å². The lowest BCUT2D eigenvalue weighted by molar-refractivity contribution is 0.0834. The number of rotatable bonds is 4. The van der Waals surface area contributed by atoms with Crippen LogP contribution < -0.4 is 5.32 Å². The van der Waals surface area contributed by atoms with Gasteiger partial charge in [0, 0.05) is 30.2 Å². The number of carbonyl (C=O) groups excluding carboxylic acids is 1. The van der Waals surface area contributed by atoms with E-state index < -0.39 is 0 Å². The number of amides is 1. The first-order valence-electron chi connectivity index (χ1n) is 9.82. The number of aryl methyl sites for hydroxylation is 1. The number of hydrogen-bond donors (Lipinski definition) is 2. The first-order chi connectivity index (χ1) is 11.7. The van der Waals surface area contributed by atoms with E-state index in [2.05, 4.69) is 20.4 Å². The average molecular weight is 330 g/mol. The molecule has 132 valence electrons. The van der Waals surface area contributed by atoms with Crippen LogP contribution in [0.5, 0.6) is 0 Å². The van der Waals surface area contributed by atoms with Crippen LogP contribution in [0.2, 0.25) is 0 Å². The van der Waals surface area contributed by atoms with Crippen LogP contribution in [0, 0.1) is 6.92 Å². The van der Waals surface area contributed by atoms with E-state index >= 15 is 0 Å². The van der Waals surface area contributed by atoms with E-state index in [-0.39, 0.29) is 11.9 Å². The quantitative estimate of drug-likeness (QED) is 0.891. The van der Waals surface area contributed by atoms with Crippen molar-refractivity contribution in [2.45, 2.75) is 82.7 Å². The van der Waals surface area contributed by atoms with Crippen molar-refractivity contribution in [2.75, 3.05) is 13.1 Å². The molecule has 1 atom stereocenters. The van der Waals surface area contributed by atoms with Crippen LogP contribution in [-0.2, 0) is 0 Å². The molecule has 3 fully saturated rings. The summed E-state index contributed by atoms with van der Waals surface area (Å²) in [5, 5.41) is 10.7. The Kier molecular flexibility index (Phi) is 4.61. The Bertz CT molecular complexity index is 586. The molecule has 1 amide bonds. The highest BCUT2D eigenvalue weighted by atomic mass is 16.1. The normalized spacial score (nSPS) is 26.5. The third-order valence-electron chi connectivity index (χ3n) is 6.05. The van der Waals surface area contributed by atoms with Crippen LogP contribution in [0.3, 0.4) is 0 Å². The molecule has 0 unspecified atom stereocenters. The van der Waals surface area contributed by atoms with Gasteiger partial charge in [0.25, 0.3) is 5.91 Å². The van der Waals surface area contributed by atoms with Crippen molar-refractivity contribution in [1.29, 1.82) is 0 Å². The molecule has 0 radical (unpaired) electrons. The summed E-state index contributed by atoms with van der Waals surface area (Å²) in [6.45, 7) is 4.18. The van der Waals surface area contributed by atoms with E-state index in [1.807, 2.05) is 6.92 Å². The van der Waals surface area contributed by atoms with Crippen molar-refractivity contribution in [2.24, 2.45) is 0 Å². The maximum Gasteiger partial charge on any atom is 0.255 e. The van der Waals surface area contributed by atoms with E-state index in [1.165, 1.54) is 57.9 Å². The first kappa shape index (κ1) is 16.1. The molecule has 2 saturated carbocycles. The van der Waals surface area contributed by atoms with Crippen molar-refractivity contribution >= 4 is 5.91 Å². The summed E-state index contributed by atoms with van der Waals surface area (Å²) < 4.78 is 0. The van der Waals surface area contributed by atoms with E-state index in [0.717, 1.165) is 36.0 Å². The van der Waals surface area contributed by atoms with Gasteiger partial charge in [-0.1, -0.05) is 19.3 Å². The lowest BCUT2D eigenvalue weighted by atomic mass is 9.92. The first-order valence-corrected chi connectivity index (χ1v) is 9.82. The standard InChI is InChI=1S/C19H30N4O/c1-13-17(18(22-21-13)14-9-10-14)19(24)20-15-6-5-11-23(12-15)16-7-3-2-4-8-16/h14-16H,2-12H2,1H3,(H,20,24)(H,21,22)/t15-/m1/s1. The van der Waals surface area contributed by atoms with Crippen LogP contribution in [0.15, 0.2) is 0 Å². The van der Waals surface area contributed by atoms with Gasteiger partial charge in [0.2, 0.25) is 0 Å². The number of aromatic amines is 1. The van der Waals surface area contributed by atoms with Crippen molar-refractivity contribution < 1.29 is 4.79 Å². The van der Waals surface area contributed by atoms with E-state index in [0.29, 0.717) is 5.92 Å². The maximum absolute atomic E-state index is 12.8. The lowest BCUT2D eigenvalue weighted by Crippen LogP contribution is -2.51. The molecule has 4 rings (SSSR count).